The van der Waals surface area contributed by atoms with Gasteiger partial charge in [0.2, 0.25) is 0 Å². The van der Waals surface area contributed by atoms with E-state index in [0.29, 0.717) is 11.8 Å². The lowest BCUT2D eigenvalue weighted by Gasteiger charge is -2.04. The third-order valence-electron chi connectivity index (χ3n) is 3.81. The summed E-state index contributed by atoms with van der Waals surface area (Å²) in [6.45, 7) is 16.8. The Morgan fingerprint density at radius 1 is 0.857 bits per heavy atom. The lowest BCUT2D eigenvalue weighted by atomic mass is 10.0. The van der Waals surface area contributed by atoms with Crippen molar-refractivity contribution in [1.82, 2.24) is 14.9 Å². The van der Waals surface area contributed by atoms with Gasteiger partial charge in [0.1, 0.15) is 5.76 Å². The minimum atomic E-state index is 0.520. The van der Waals surface area contributed by atoms with Crippen LogP contribution in [0.15, 0.2) is 4.52 Å². The van der Waals surface area contributed by atoms with Gasteiger partial charge in [-0.2, -0.15) is 5.10 Å². The van der Waals surface area contributed by atoms with Crippen molar-refractivity contribution in [3.63, 3.8) is 0 Å². The molecule has 0 atom stereocenters. The summed E-state index contributed by atoms with van der Waals surface area (Å²) in [5.74, 6) is 2.06. The molecule has 0 saturated carbocycles. The van der Waals surface area contributed by atoms with E-state index in [4.69, 9.17) is 4.52 Å². The molecular weight excluding hydrogens is 262 g/mol. The van der Waals surface area contributed by atoms with Crippen LogP contribution in [0.2, 0.25) is 0 Å². The van der Waals surface area contributed by atoms with Crippen molar-refractivity contribution in [2.45, 2.75) is 67.2 Å². The summed E-state index contributed by atoms with van der Waals surface area (Å²) in [5.41, 5.74) is 6.12. The molecule has 21 heavy (non-hydrogen) atoms. The topological polar surface area (TPSA) is 43.9 Å². The molecule has 0 bridgehead atoms. The molecule has 2 heterocycles. The first-order chi connectivity index (χ1) is 9.66. The van der Waals surface area contributed by atoms with E-state index in [9.17, 15) is 0 Å². The molecule has 2 aromatic heterocycles. The average molecular weight is 291 g/mol. The van der Waals surface area contributed by atoms with Gasteiger partial charge in [0.15, 0.2) is 0 Å². The summed E-state index contributed by atoms with van der Waals surface area (Å²) >= 11 is 0. The molecule has 0 aliphatic heterocycles. The van der Waals surface area contributed by atoms with Crippen molar-refractivity contribution in [2.24, 2.45) is 7.05 Å². The second-order valence-corrected chi connectivity index (χ2v) is 6.26. The number of rotatable bonds is 2. The number of hydrogen-bond donors (Lipinski definition) is 0. The predicted octanol–water partition coefficient (Wildman–Crippen LogP) is 4.58. The van der Waals surface area contributed by atoms with Crippen LogP contribution in [-0.4, -0.2) is 14.9 Å². The van der Waals surface area contributed by atoms with Gasteiger partial charge in [-0.05, 0) is 45.1 Å². The van der Waals surface area contributed by atoms with Crippen molar-refractivity contribution < 1.29 is 4.52 Å². The van der Waals surface area contributed by atoms with E-state index < -0.39 is 0 Å². The summed E-state index contributed by atoms with van der Waals surface area (Å²) in [5, 5.41) is 8.21. The maximum Gasteiger partial charge on any atom is 0.137 e. The first-order valence-corrected chi connectivity index (χ1v) is 7.59. The minimum absolute atomic E-state index is 0.520. The van der Waals surface area contributed by atoms with Gasteiger partial charge in [-0.25, -0.2) is 0 Å². The fourth-order valence-electron chi connectivity index (χ4n) is 2.94. The van der Waals surface area contributed by atoms with Crippen LogP contribution in [0.4, 0.5) is 0 Å². The van der Waals surface area contributed by atoms with Crippen LogP contribution in [0.25, 0.3) is 0 Å². The van der Waals surface area contributed by atoms with Crippen LogP contribution in [0, 0.1) is 27.7 Å². The Bertz CT molecular complexity index is 572. The highest BCUT2D eigenvalue weighted by Gasteiger charge is 2.12. The second kappa shape index (κ2) is 6.92. The Morgan fingerprint density at radius 2 is 1.38 bits per heavy atom. The first-order valence-electron chi connectivity index (χ1n) is 7.59. The largest absolute Gasteiger partial charge is 0.361 e. The van der Waals surface area contributed by atoms with Gasteiger partial charge in [-0.1, -0.05) is 32.9 Å². The maximum absolute atomic E-state index is 5.01. The molecule has 2 rings (SSSR count). The summed E-state index contributed by atoms with van der Waals surface area (Å²) in [4.78, 5) is 0. The molecule has 0 saturated heterocycles. The minimum Gasteiger partial charge on any atom is -0.361 e. The van der Waals surface area contributed by atoms with E-state index >= 15 is 0 Å². The van der Waals surface area contributed by atoms with E-state index in [0.717, 1.165) is 11.5 Å². The van der Waals surface area contributed by atoms with Gasteiger partial charge >= 0.3 is 0 Å². The fourth-order valence-corrected chi connectivity index (χ4v) is 2.94. The highest BCUT2D eigenvalue weighted by atomic mass is 16.5. The van der Waals surface area contributed by atoms with Crippen molar-refractivity contribution >= 4 is 0 Å². The smallest absolute Gasteiger partial charge is 0.137 e. The Labute approximate surface area is 128 Å². The molecule has 0 spiro atoms. The standard InChI is InChI=1S/C9H16N2.C8H13NO/c1-6(2)9-7(3)10-11(5)8(9)4;1-5(2)8-6(3)9-10-7(8)4/h6H,1-5H3;5H,1-4H3. The molecule has 0 aliphatic carbocycles. The second-order valence-electron chi connectivity index (χ2n) is 6.26. The highest BCUT2D eigenvalue weighted by molar-refractivity contribution is 5.27. The summed E-state index contributed by atoms with van der Waals surface area (Å²) in [6, 6.07) is 0. The predicted molar refractivity (Wildman–Crippen MR) is 86.8 cm³/mol. The molecular formula is C17H29N3O. The molecule has 2 aromatic rings. The van der Waals surface area contributed by atoms with Crippen molar-refractivity contribution in [2.75, 3.05) is 0 Å². The summed E-state index contributed by atoms with van der Waals surface area (Å²) < 4.78 is 6.96. The molecule has 4 heteroatoms. The van der Waals surface area contributed by atoms with Crippen LogP contribution < -0.4 is 0 Å². The molecule has 0 unspecified atom stereocenters. The van der Waals surface area contributed by atoms with E-state index in [2.05, 4.69) is 51.8 Å². The van der Waals surface area contributed by atoms with Crippen molar-refractivity contribution in [1.29, 1.82) is 0 Å². The third kappa shape index (κ3) is 3.96. The molecule has 0 N–H and O–H groups in total. The first kappa shape index (κ1) is 17.5. The van der Waals surface area contributed by atoms with Gasteiger partial charge in [0.05, 0.1) is 11.4 Å². The quantitative estimate of drug-likeness (QED) is 0.813. The normalized spacial score (nSPS) is 11.0. The Morgan fingerprint density at radius 3 is 1.57 bits per heavy atom. The zero-order valence-corrected chi connectivity index (χ0v) is 14.9. The Hall–Kier alpha value is -1.58. The molecule has 0 fully saturated rings. The zero-order chi connectivity index (χ0) is 16.3. The zero-order valence-electron chi connectivity index (χ0n) is 14.9. The monoisotopic (exact) mass is 291 g/mol. The summed E-state index contributed by atoms with van der Waals surface area (Å²) in [6.07, 6.45) is 0. The molecule has 4 nitrogen and oxygen atoms in total. The van der Waals surface area contributed by atoms with Crippen LogP contribution in [0.1, 0.15) is 73.5 Å². The highest BCUT2D eigenvalue weighted by Crippen LogP contribution is 2.22. The maximum atomic E-state index is 5.01. The number of aryl methyl sites for hydroxylation is 4. The van der Waals surface area contributed by atoms with Gasteiger partial charge < -0.3 is 4.52 Å². The van der Waals surface area contributed by atoms with Crippen LogP contribution in [0.3, 0.4) is 0 Å². The fraction of sp³-hybridized carbons (Fsp3) is 0.647. The van der Waals surface area contributed by atoms with Crippen molar-refractivity contribution in [3.8, 4) is 0 Å². The Kier molecular flexibility index (Phi) is 5.76. The number of nitrogens with zero attached hydrogens (tertiary/aromatic N) is 3. The van der Waals surface area contributed by atoms with Gasteiger partial charge in [-0.15, -0.1) is 0 Å². The lowest BCUT2D eigenvalue weighted by molar-refractivity contribution is 0.392. The van der Waals surface area contributed by atoms with E-state index in [1.165, 1.54) is 22.5 Å². The average Bonchev–Trinajstić information content (AvgIpc) is 2.80. The van der Waals surface area contributed by atoms with Crippen LogP contribution in [0.5, 0.6) is 0 Å². The van der Waals surface area contributed by atoms with Crippen LogP contribution >= 0.6 is 0 Å². The SMILES string of the molecule is Cc1nn(C)c(C)c1C(C)C.Cc1noc(C)c1C(C)C. The molecule has 118 valence electrons. The van der Waals surface area contributed by atoms with E-state index in [1.54, 1.807) is 0 Å². The molecule has 0 aromatic carbocycles. The van der Waals surface area contributed by atoms with Crippen LogP contribution in [-0.2, 0) is 7.05 Å². The number of hydrogen-bond acceptors (Lipinski definition) is 3. The third-order valence-corrected chi connectivity index (χ3v) is 3.81. The van der Waals surface area contributed by atoms with Crippen molar-refractivity contribution in [3.05, 3.63) is 34.0 Å². The number of aromatic nitrogens is 3. The summed E-state index contributed by atoms with van der Waals surface area (Å²) in [7, 11) is 1.99. The van der Waals surface area contributed by atoms with E-state index in [1.807, 2.05) is 25.6 Å². The van der Waals surface area contributed by atoms with Gasteiger partial charge in [0, 0.05) is 18.3 Å². The van der Waals surface area contributed by atoms with Gasteiger partial charge in [-0.3, -0.25) is 4.68 Å². The Balaban J connectivity index is 0.000000211. The van der Waals surface area contributed by atoms with E-state index in [-0.39, 0.29) is 0 Å². The van der Waals surface area contributed by atoms with Gasteiger partial charge in [0.25, 0.3) is 0 Å². The lowest BCUT2D eigenvalue weighted by Crippen LogP contribution is -1.94. The molecule has 0 radical (unpaired) electrons. The molecule has 0 amide bonds. The molecule has 0 aliphatic rings.